The molecule has 2 aromatic carbocycles. The number of fused-ring (bicyclic) bond motifs is 1. The van der Waals surface area contributed by atoms with Crippen molar-refractivity contribution in [3.8, 4) is 0 Å². The fraction of sp³-hybridized carbons (Fsp3) is 0.111. The second-order valence-electron chi connectivity index (χ2n) is 5.23. The molecule has 0 bridgehead atoms. The molecule has 23 heavy (non-hydrogen) atoms. The van der Waals surface area contributed by atoms with Gasteiger partial charge in [0, 0.05) is 6.54 Å². The molecule has 1 heterocycles. The molecule has 1 amide bonds. The number of amides is 1. The summed E-state index contributed by atoms with van der Waals surface area (Å²) >= 11 is 0. The number of carbonyl (C=O) groups excluding carboxylic acids is 1. The highest BCUT2D eigenvalue weighted by Crippen LogP contribution is 2.10. The first-order chi connectivity index (χ1) is 11.2. The quantitative estimate of drug-likeness (QED) is 0.722. The number of hydrogen-bond donors (Lipinski definition) is 1. The summed E-state index contributed by atoms with van der Waals surface area (Å²) in [6, 6.07) is 13.9. The van der Waals surface area contributed by atoms with E-state index in [9.17, 15) is 9.18 Å². The molecule has 0 unspecified atom stereocenters. The Morgan fingerprint density at radius 3 is 2.70 bits per heavy atom. The maximum Gasteiger partial charge on any atom is 0.262 e. The zero-order valence-corrected chi connectivity index (χ0v) is 12.6. The van der Waals surface area contributed by atoms with Crippen LogP contribution in [0.2, 0.25) is 0 Å². The third-order valence-electron chi connectivity index (χ3n) is 3.65. The van der Waals surface area contributed by atoms with Gasteiger partial charge < -0.3 is 5.32 Å². The van der Waals surface area contributed by atoms with Gasteiger partial charge in [0.1, 0.15) is 5.82 Å². The molecule has 0 spiro atoms. The number of aromatic nitrogens is 2. The minimum Gasteiger partial charge on any atom is -0.349 e. The van der Waals surface area contributed by atoms with Crippen LogP contribution in [-0.2, 0) is 17.9 Å². The number of para-hydroxylation sites is 2. The summed E-state index contributed by atoms with van der Waals surface area (Å²) in [4.78, 5) is 12.2. The Morgan fingerprint density at radius 1 is 1.22 bits per heavy atom. The fourth-order valence-electron chi connectivity index (χ4n) is 2.48. The van der Waals surface area contributed by atoms with Crippen molar-refractivity contribution in [2.75, 3.05) is 0 Å². The Bertz CT molecular complexity index is 852. The van der Waals surface area contributed by atoms with Crippen LogP contribution < -0.4 is 9.88 Å². The monoisotopic (exact) mass is 310 g/mol. The molecular formula is C18H17FN3O+. The number of benzene rings is 2. The van der Waals surface area contributed by atoms with Crippen LogP contribution in [0.4, 0.5) is 4.39 Å². The largest absolute Gasteiger partial charge is 0.349 e. The van der Waals surface area contributed by atoms with Crippen molar-refractivity contribution in [2.45, 2.75) is 13.1 Å². The topological polar surface area (TPSA) is 37.9 Å². The molecule has 0 saturated heterocycles. The minimum absolute atomic E-state index is 0.105. The average molecular weight is 310 g/mol. The number of nitrogens with one attached hydrogen (secondary N) is 1. The minimum atomic E-state index is -0.284. The van der Waals surface area contributed by atoms with Crippen molar-refractivity contribution >= 4 is 23.1 Å². The number of halogens is 1. The SMILES string of the molecule is C=Cn1c[n+](CC(=O)NCc2ccc(F)cc2)c2ccccc21. The number of rotatable bonds is 5. The molecule has 0 aliphatic heterocycles. The molecule has 3 aromatic rings. The number of hydrogen-bond acceptors (Lipinski definition) is 1. The molecule has 0 atom stereocenters. The van der Waals surface area contributed by atoms with Gasteiger partial charge in [-0.1, -0.05) is 30.8 Å². The molecular weight excluding hydrogens is 293 g/mol. The van der Waals surface area contributed by atoms with Gasteiger partial charge >= 0.3 is 0 Å². The summed E-state index contributed by atoms with van der Waals surface area (Å²) in [6.07, 6.45) is 3.55. The molecule has 0 aliphatic rings. The van der Waals surface area contributed by atoms with E-state index in [2.05, 4.69) is 11.9 Å². The van der Waals surface area contributed by atoms with Crippen LogP contribution >= 0.6 is 0 Å². The second-order valence-corrected chi connectivity index (χ2v) is 5.23. The third kappa shape index (κ3) is 3.29. The molecule has 1 aromatic heterocycles. The highest BCUT2D eigenvalue weighted by Gasteiger charge is 2.16. The van der Waals surface area contributed by atoms with E-state index in [-0.39, 0.29) is 18.3 Å². The van der Waals surface area contributed by atoms with Crippen LogP contribution in [0.5, 0.6) is 0 Å². The van der Waals surface area contributed by atoms with E-state index in [0.29, 0.717) is 6.54 Å². The zero-order chi connectivity index (χ0) is 16.2. The van der Waals surface area contributed by atoms with E-state index in [1.54, 1.807) is 18.3 Å². The van der Waals surface area contributed by atoms with E-state index < -0.39 is 0 Å². The molecule has 0 aliphatic carbocycles. The van der Waals surface area contributed by atoms with Crippen LogP contribution in [-0.4, -0.2) is 10.5 Å². The van der Waals surface area contributed by atoms with Gasteiger partial charge in [0.05, 0.1) is 6.20 Å². The lowest BCUT2D eigenvalue weighted by atomic mass is 10.2. The Hall–Kier alpha value is -2.95. The second kappa shape index (κ2) is 6.44. The first-order valence-electron chi connectivity index (χ1n) is 7.30. The lowest BCUT2D eigenvalue weighted by Crippen LogP contribution is -2.41. The Kier molecular flexibility index (Phi) is 4.19. The van der Waals surface area contributed by atoms with Gasteiger partial charge in [0.2, 0.25) is 6.33 Å². The maximum absolute atomic E-state index is 12.9. The average Bonchev–Trinajstić information content (AvgIpc) is 2.92. The lowest BCUT2D eigenvalue weighted by Gasteiger charge is -2.04. The van der Waals surface area contributed by atoms with Crippen molar-refractivity contribution < 1.29 is 13.8 Å². The molecule has 3 rings (SSSR count). The van der Waals surface area contributed by atoms with Crippen LogP contribution in [0.25, 0.3) is 17.2 Å². The predicted octanol–water partition coefficient (Wildman–Crippen LogP) is 2.48. The van der Waals surface area contributed by atoms with E-state index >= 15 is 0 Å². The lowest BCUT2D eigenvalue weighted by molar-refractivity contribution is -0.658. The van der Waals surface area contributed by atoms with Gasteiger partial charge in [-0.05, 0) is 29.8 Å². The van der Waals surface area contributed by atoms with Crippen molar-refractivity contribution in [3.63, 3.8) is 0 Å². The van der Waals surface area contributed by atoms with E-state index in [0.717, 1.165) is 16.6 Å². The van der Waals surface area contributed by atoms with Gasteiger partial charge in [-0.2, -0.15) is 0 Å². The van der Waals surface area contributed by atoms with E-state index in [1.165, 1.54) is 12.1 Å². The van der Waals surface area contributed by atoms with Crippen molar-refractivity contribution in [3.05, 3.63) is 72.8 Å². The Balaban J connectivity index is 1.70. The summed E-state index contributed by atoms with van der Waals surface area (Å²) in [5.41, 5.74) is 2.82. The Morgan fingerprint density at radius 2 is 1.96 bits per heavy atom. The molecule has 1 N–H and O–H groups in total. The summed E-state index contributed by atoms with van der Waals surface area (Å²) in [6.45, 7) is 4.36. The summed E-state index contributed by atoms with van der Waals surface area (Å²) in [7, 11) is 0. The molecule has 0 saturated carbocycles. The van der Waals surface area contributed by atoms with Crippen molar-refractivity contribution in [1.29, 1.82) is 0 Å². The maximum atomic E-state index is 12.9. The first-order valence-corrected chi connectivity index (χ1v) is 7.30. The molecule has 4 nitrogen and oxygen atoms in total. The molecule has 0 radical (unpaired) electrons. The summed E-state index contributed by atoms with van der Waals surface area (Å²) < 4.78 is 16.6. The number of imidazole rings is 1. The van der Waals surface area contributed by atoms with Gasteiger partial charge in [-0.15, -0.1) is 0 Å². The third-order valence-corrected chi connectivity index (χ3v) is 3.65. The normalized spacial score (nSPS) is 10.7. The van der Waals surface area contributed by atoms with Gasteiger partial charge in [0.25, 0.3) is 5.91 Å². The van der Waals surface area contributed by atoms with Gasteiger partial charge in [-0.25, -0.2) is 13.5 Å². The molecule has 5 heteroatoms. The van der Waals surface area contributed by atoms with Crippen LogP contribution in [0.3, 0.4) is 0 Å². The van der Waals surface area contributed by atoms with Crippen molar-refractivity contribution in [2.24, 2.45) is 0 Å². The van der Waals surface area contributed by atoms with Crippen LogP contribution in [0.15, 0.2) is 61.4 Å². The van der Waals surface area contributed by atoms with Crippen LogP contribution in [0, 0.1) is 5.82 Å². The van der Waals surface area contributed by atoms with Gasteiger partial charge in [-0.3, -0.25) is 4.79 Å². The van der Waals surface area contributed by atoms with E-state index in [1.807, 2.05) is 39.7 Å². The highest BCUT2D eigenvalue weighted by molar-refractivity contribution is 5.77. The summed E-state index contributed by atoms with van der Waals surface area (Å²) in [5.74, 6) is -0.390. The van der Waals surface area contributed by atoms with Crippen LogP contribution in [0.1, 0.15) is 5.56 Å². The number of nitrogens with zero attached hydrogens (tertiary/aromatic N) is 2. The van der Waals surface area contributed by atoms with Gasteiger partial charge in [0.15, 0.2) is 17.6 Å². The highest BCUT2D eigenvalue weighted by atomic mass is 19.1. The fourth-order valence-corrected chi connectivity index (χ4v) is 2.48. The number of carbonyl (C=O) groups is 1. The van der Waals surface area contributed by atoms with Crippen molar-refractivity contribution in [1.82, 2.24) is 9.88 Å². The molecule has 0 fully saturated rings. The Labute approximate surface area is 133 Å². The predicted molar refractivity (Wildman–Crippen MR) is 86.8 cm³/mol. The molecule has 116 valence electrons. The first kappa shape index (κ1) is 15.0. The smallest absolute Gasteiger partial charge is 0.262 e. The zero-order valence-electron chi connectivity index (χ0n) is 12.6. The standard InChI is InChI=1S/C18H16FN3O/c1-2-21-13-22(17-6-4-3-5-16(17)21)12-18(23)20-11-14-7-9-15(19)10-8-14/h2-10,13H,1,11-12H2/p+1. The van der Waals surface area contributed by atoms with E-state index in [4.69, 9.17) is 0 Å². The summed E-state index contributed by atoms with van der Waals surface area (Å²) in [5, 5.41) is 2.84.